The number of ether oxygens (including phenoxy) is 1. The highest BCUT2D eigenvalue weighted by Crippen LogP contribution is 2.53. The number of hydrogen-bond donors (Lipinski definition) is 1. The van der Waals surface area contributed by atoms with E-state index in [4.69, 9.17) is 4.74 Å². The molecule has 2 heteroatoms. The van der Waals surface area contributed by atoms with Crippen molar-refractivity contribution >= 4 is 0 Å². The van der Waals surface area contributed by atoms with Gasteiger partial charge < -0.3 is 10.1 Å². The zero-order valence-corrected chi connectivity index (χ0v) is 11.1. The molecule has 17 heavy (non-hydrogen) atoms. The van der Waals surface area contributed by atoms with Crippen LogP contribution < -0.4 is 10.1 Å². The highest BCUT2D eigenvalue weighted by Gasteiger charge is 2.51. The lowest BCUT2D eigenvalue weighted by Gasteiger charge is -2.18. The van der Waals surface area contributed by atoms with E-state index in [2.05, 4.69) is 43.4 Å². The Morgan fingerprint density at radius 2 is 2.00 bits per heavy atom. The van der Waals surface area contributed by atoms with Crippen molar-refractivity contribution in [1.82, 2.24) is 5.32 Å². The summed E-state index contributed by atoms with van der Waals surface area (Å²) in [7, 11) is 1.72. The Morgan fingerprint density at radius 3 is 2.47 bits per heavy atom. The van der Waals surface area contributed by atoms with Crippen molar-refractivity contribution in [2.45, 2.75) is 32.1 Å². The summed E-state index contributed by atoms with van der Waals surface area (Å²) < 4.78 is 5.21. The number of benzene rings is 1. The first-order chi connectivity index (χ1) is 8.23. The summed E-state index contributed by atoms with van der Waals surface area (Å²) in [6.07, 6.45) is 2.50. The molecule has 0 spiro atoms. The van der Waals surface area contributed by atoms with Gasteiger partial charge in [-0.15, -0.1) is 0 Å². The number of hydrogen-bond acceptors (Lipinski definition) is 2. The van der Waals surface area contributed by atoms with Crippen LogP contribution in [0.25, 0.3) is 0 Å². The molecule has 1 aliphatic carbocycles. The molecule has 1 aromatic carbocycles. The summed E-state index contributed by atoms with van der Waals surface area (Å²) in [5.74, 6) is 1.74. The molecule has 0 heterocycles. The van der Waals surface area contributed by atoms with E-state index in [-0.39, 0.29) is 0 Å². The molecule has 0 aromatic heterocycles. The number of rotatable bonds is 6. The van der Waals surface area contributed by atoms with Crippen LogP contribution in [0.1, 0.15) is 32.3 Å². The topological polar surface area (TPSA) is 21.3 Å². The monoisotopic (exact) mass is 233 g/mol. The Labute approximate surface area is 104 Å². The summed E-state index contributed by atoms with van der Waals surface area (Å²) in [6.45, 7) is 6.78. The first-order valence-corrected chi connectivity index (χ1v) is 6.58. The van der Waals surface area contributed by atoms with Crippen LogP contribution in [0.5, 0.6) is 5.75 Å². The van der Waals surface area contributed by atoms with Gasteiger partial charge in [-0.05, 0) is 43.0 Å². The molecule has 0 bridgehead atoms. The second-order valence-corrected chi connectivity index (χ2v) is 5.17. The molecule has 1 aromatic rings. The van der Waals surface area contributed by atoms with Crippen molar-refractivity contribution in [2.24, 2.45) is 5.92 Å². The minimum atomic E-state index is 0.376. The standard InChI is InChI=1S/C15H23NO/c1-4-9-16-11-15(10-12(15)2)13-5-7-14(17-3)8-6-13/h5-8,12,16H,4,9-11H2,1-3H3. The van der Waals surface area contributed by atoms with E-state index in [1.807, 2.05) is 0 Å². The van der Waals surface area contributed by atoms with Crippen molar-refractivity contribution in [1.29, 1.82) is 0 Å². The highest BCUT2D eigenvalue weighted by molar-refractivity contribution is 5.37. The first kappa shape index (κ1) is 12.4. The third kappa shape index (κ3) is 2.47. The Kier molecular flexibility index (Phi) is 3.72. The van der Waals surface area contributed by atoms with E-state index in [9.17, 15) is 0 Å². The molecule has 1 N–H and O–H groups in total. The van der Waals surface area contributed by atoms with Gasteiger partial charge >= 0.3 is 0 Å². The summed E-state index contributed by atoms with van der Waals surface area (Å²) in [4.78, 5) is 0. The molecule has 1 fully saturated rings. The lowest BCUT2D eigenvalue weighted by atomic mass is 9.93. The molecule has 2 atom stereocenters. The van der Waals surface area contributed by atoms with Crippen LogP contribution in [0.3, 0.4) is 0 Å². The second kappa shape index (κ2) is 5.09. The first-order valence-electron chi connectivity index (χ1n) is 6.58. The fourth-order valence-corrected chi connectivity index (χ4v) is 2.65. The molecule has 2 rings (SSSR count). The fraction of sp³-hybridized carbons (Fsp3) is 0.600. The average molecular weight is 233 g/mol. The predicted molar refractivity (Wildman–Crippen MR) is 71.6 cm³/mol. The molecule has 94 valence electrons. The molecule has 0 amide bonds. The van der Waals surface area contributed by atoms with Crippen LogP contribution in [0.15, 0.2) is 24.3 Å². The van der Waals surface area contributed by atoms with Crippen molar-refractivity contribution in [3.05, 3.63) is 29.8 Å². The van der Waals surface area contributed by atoms with Crippen LogP contribution >= 0.6 is 0 Å². The Hall–Kier alpha value is -1.02. The number of methoxy groups -OCH3 is 1. The second-order valence-electron chi connectivity index (χ2n) is 5.17. The van der Waals surface area contributed by atoms with Crippen molar-refractivity contribution < 1.29 is 4.74 Å². The van der Waals surface area contributed by atoms with Crippen LogP contribution in [-0.2, 0) is 5.41 Å². The minimum absolute atomic E-state index is 0.376. The smallest absolute Gasteiger partial charge is 0.118 e. The summed E-state index contributed by atoms with van der Waals surface area (Å²) >= 11 is 0. The molecular formula is C15H23NO. The van der Waals surface area contributed by atoms with Crippen LogP contribution in [0, 0.1) is 5.92 Å². The van der Waals surface area contributed by atoms with Crippen molar-refractivity contribution in [2.75, 3.05) is 20.2 Å². The normalized spacial score (nSPS) is 26.9. The zero-order valence-electron chi connectivity index (χ0n) is 11.1. The largest absolute Gasteiger partial charge is 0.497 e. The van der Waals surface area contributed by atoms with E-state index in [1.165, 1.54) is 18.4 Å². The molecule has 1 aliphatic rings. The quantitative estimate of drug-likeness (QED) is 0.763. The lowest BCUT2D eigenvalue weighted by Crippen LogP contribution is -2.28. The van der Waals surface area contributed by atoms with Gasteiger partial charge in [0, 0.05) is 12.0 Å². The fourth-order valence-electron chi connectivity index (χ4n) is 2.65. The SMILES string of the molecule is CCCNCC1(c2ccc(OC)cc2)CC1C. The van der Waals surface area contributed by atoms with Crippen LogP contribution in [-0.4, -0.2) is 20.2 Å². The third-order valence-electron chi connectivity index (χ3n) is 3.99. The Balaban J connectivity index is 2.06. The summed E-state index contributed by atoms with van der Waals surface area (Å²) in [6, 6.07) is 8.58. The van der Waals surface area contributed by atoms with Gasteiger partial charge in [-0.25, -0.2) is 0 Å². The number of nitrogens with one attached hydrogen (secondary N) is 1. The van der Waals surface area contributed by atoms with Gasteiger partial charge in [-0.2, -0.15) is 0 Å². The maximum atomic E-state index is 5.21. The van der Waals surface area contributed by atoms with E-state index in [0.29, 0.717) is 5.41 Å². The van der Waals surface area contributed by atoms with Crippen molar-refractivity contribution in [3.8, 4) is 5.75 Å². The third-order valence-corrected chi connectivity index (χ3v) is 3.99. The molecule has 1 saturated carbocycles. The molecule has 0 saturated heterocycles. The average Bonchev–Trinajstić information content (AvgIpc) is 3.02. The van der Waals surface area contributed by atoms with Gasteiger partial charge in [0.15, 0.2) is 0 Å². The maximum Gasteiger partial charge on any atom is 0.118 e. The lowest BCUT2D eigenvalue weighted by molar-refractivity contribution is 0.414. The van der Waals surface area contributed by atoms with E-state index < -0.39 is 0 Å². The van der Waals surface area contributed by atoms with Gasteiger partial charge in [-0.3, -0.25) is 0 Å². The molecular weight excluding hydrogens is 210 g/mol. The molecule has 2 unspecified atom stereocenters. The van der Waals surface area contributed by atoms with Gasteiger partial charge in [-0.1, -0.05) is 26.0 Å². The van der Waals surface area contributed by atoms with E-state index in [0.717, 1.165) is 24.8 Å². The van der Waals surface area contributed by atoms with Gasteiger partial charge in [0.1, 0.15) is 5.75 Å². The van der Waals surface area contributed by atoms with Gasteiger partial charge in [0.2, 0.25) is 0 Å². The minimum Gasteiger partial charge on any atom is -0.497 e. The van der Waals surface area contributed by atoms with Gasteiger partial charge in [0.05, 0.1) is 7.11 Å². The predicted octanol–water partition coefficient (Wildman–Crippen LogP) is 2.97. The molecule has 0 radical (unpaired) electrons. The summed E-state index contributed by atoms with van der Waals surface area (Å²) in [5.41, 5.74) is 1.83. The zero-order chi connectivity index (χ0) is 12.3. The van der Waals surface area contributed by atoms with Gasteiger partial charge in [0.25, 0.3) is 0 Å². The molecule has 0 aliphatic heterocycles. The molecule has 2 nitrogen and oxygen atoms in total. The van der Waals surface area contributed by atoms with Crippen LogP contribution in [0.2, 0.25) is 0 Å². The van der Waals surface area contributed by atoms with Crippen LogP contribution in [0.4, 0.5) is 0 Å². The summed E-state index contributed by atoms with van der Waals surface area (Å²) in [5, 5.41) is 3.56. The highest BCUT2D eigenvalue weighted by atomic mass is 16.5. The van der Waals surface area contributed by atoms with E-state index in [1.54, 1.807) is 7.11 Å². The Morgan fingerprint density at radius 1 is 1.35 bits per heavy atom. The van der Waals surface area contributed by atoms with E-state index >= 15 is 0 Å². The Bertz CT molecular complexity index is 360. The maximum absolute atomic E-state index is 5.21. The van der Waals surface area contributed by atoms with Crippen molar-refractivity contribution in [3.63, 3.8) is 0 Å².